The summed E-state index contributed by atoms with van der Waals surface area (Å²) in [6.45, 7) is 2.44. The van der Waals surface area contributed by atoms with Gasteiger partial charge in [0.15, 0.2) is 0 Å². The zero-order chi connectivity index (χ0) is 10.9. The van der Waals surface area contributed by atoms with Crippen LogP contribution in [0.15, 0.2) is 18.2 Å². The van der Waals surface area contributed by atoms with Crippen LogP contribution in [0.25, 0.3) is 0 Å². The lowest BCUT2D eigenvalue weighted by Gasteiger charge is -2.14. The number of nitrogens with two attached hydrogens (primary N) is 1. The van der Waals surface area contributed by atoms with Crippen molar-refractivity contribution in [2.24, 2.45) is 5.73 Å². The number of phenolic OH excluding ortho intramolecular Hbond substituents is 1. The highest BCUT2D eigenvalue weighted by Gasteiger charge is 2.25. The molecule has 78 valence electrons. The van der Waals surface area contributed by atoms with E-state index in [-0.39, 0.29) is 11.3 Å². The molecule has 0 amide bonds. The predicted octanol–water partition coefficient (Wildman–Crippen LogP) is 2.52. The molecule has 0 aliphatic carbocycles. The molecule has 4 heteroatoms. The summed E-state index contributed by atoms with van der Waals surface area (Å²) in [7, 11) is 0. The Morgan fingerprint density at radius 2 is 2.00 bits per heavy atom. The van der Waals surface area contributed by atoms with Crippen LogP contribution in [0.2, 0.25) is 0 Å². The summed E-state index contributed by atoms with van der Waals surface area (Å²) in [5.74, 6) is -2.95. The molecule has 0 heterocycles. The number of benzene rings is 1. The highest BCUT2D eigenvalue weighted by Crippen LogP contribution is 2.32. The minimum Gasteiger partial charge on any atom is -0.508 e. The minimum atomic E-state index is -2.91. The molecule has 0 spiro atoms. The molecule has 3 N–H and O–H groups in total. The fraction of sp³-hybridized carbons (Fsp3) is 0.400. The van der Waals surface area contributed by atoms with Gasteiger partial charge in [-0.05, 0) is 25.1 Å². The standard InChI is InChI=1S/C10H13F2NO/c1-6(13)8-5-7(10(2,11)12)3-4-9(8)14/h3-6,14H,13H2,1-2H3. The fourth-order valence-corrected chi connectivity index (χ4v) is 1.19. The van der Waals surface area contributed by atoms with Crippen LogP contribution in [-0.2, 0) is 5.92 Å². The number of alkyl halides is 2. The molecule has 0 bridgehead atoms. The lowest BCUT2D eigenvalue weighted by Crippen LogP contribution is -2.10. The summed E-state index contributed by atoms with van der Waals surface area (Å²) in [6.07, 6.45) is 0. The predicted molar refractivity (Wildman–Crippen MR) is 50.3 cm³/mol. The Bertz CT molecular complexity index is 331. The fourth-order valence-electron chi connectivity index (χ4n) is 1.19. The molecule has 0 radical (unpaired) electrons. The third-order valence-electron chi connectivity index (χ3n) is 2.02. The number of hydrogen-bond acceptors (Lipinski definition) is 2. The van der Waals surface area contributed by atoms with Crippen molar-refractivity contribution in [1.82, 2.24) is 0 Å². The van der Waals surface area contributed by atoms with Crippen molar-refractivity contribution in [3.8, 4) is 5.75 Å². The van der Waals surface area contributed by atoms with Gasteiger partial charge in [-0.2, -0.15) is 0 Å². The maximum atomic E-state index is 12.9. The van der Waals surface area contributed by atoms with Gasteiger partial charge >= 0.3 is 0 Å². The molecule has 0 saturated heterocycles. The lowest BCUT2D eigenvalue weighted by atomic mass is 10.0. The SMILES string of the molecule is CC(N)c1cc(C(C)(F)F)ccc1O. The van der Waals surface area contributed by atoms with Gasteiger partial charge in [-0.25, -0.2) is 8.78 Å². The first-order valence-corrected chi connectivity index (χ1v) is 4.29. The first-order chi connectivity index (χ1) is 6.32. The van der Waals surface area contributed by atoms with Crippen LogP contribution in [0, 0.1) is 0 Å². The largest absolute Gasteiger partial charge is 0.508 e. The summed E-state index contributed by atoms with van der Waals surface area (Å²) < 4.78 is 25.8. The summed E-state index contributed by atoms with van der Waals surface area (Å²) >= 11 is 0. The first kappa shape index (κ1) is 10.9. The van der Waals surface area contributed by atoms with Gasteiger partial charge in [0, 0.05) is 24.1 Å². The van der Waals surface area contributed by atoms with Gasteiger partial charge < -0.3 is 10.8 Å². The lowest BCUT2D eigenvalue weighted by molar-refractivity contribution is 0.0173. The van der Waals surface area contributed by atoms with Gasteiger partial charge in [0.2, 0.25) is 0 Å². The molecule has 1 rings (SSSR count). The Hall–Kier alpha value is -1.16. The van der Waals surface area contributed by atoms with Gasteiger partial charge in [-0.3, -0.25) is 0 Å². The molecule has 0 fully saturated rings. The summed E-state index contributed by atoms with van der Waals surface area (Å²) in [6, 6.07) is 3.21. The van der Waals surface area contributed by atoms with E-state index in [9.17, 15) is 13.9 Å². The van der Waals surface area contributed by atoms with Gasteiger partial charge in [0.05, 0.1) is 0 Å². The van der Waals surface area contributed by atoms with Gasteiger partial charge in [-0.15, -0.1) is 0 Å². The Balaban J connectivity index is 3.20. The number of rotatable bonds is 2. The molecule has 0 aliphatic heterocycles. The highest BCUT2D eigenvalue weighted by atomic mass is 19.3. The average molecular weight is 201 g/mol. The van der Waals surface area contributed by atoms with Crippen molar-refractivity contribution in [2.45, 2.75) is 25.8 Å². The van der Waals surface area contributed by atoms with Gasteiger partial charge in [0.25, 0.3) is 5.92 Å². The van der Waals surface area contributed by atoms with Gasteiger partial charge in [-0.1, -0.05) is 0 Å². The molecule has 0 saturated carbocycles. The van der Waals surface area contributed by atoms with E-state index < -0.39 is 12.0 Å². The molecule has 1 aromatic rings. The zero-order valence-electron chi connectivity index (χ0n) is 8.09. The third-order valence-corrected chi connectivity index (χ3v) is 2.02. The first-order valence-electron chi connectivity index (χ1n) is 4.29. The maximum absolute atomic E-state index is 12.9. The second kappa shape index (κ2) is 3.53. The van der Waals surface area contributed by atoms with E-state index in [4.69, 9.17) is 5.73 Å². The number of hydrogen-bond donors (Lipinski definition) is 2. The molecule has 0 aromatic heterocycles. The van der Waals surface area contributed by atoms with E-state index in [1.807, 2.05) is 0 Å². The van der Waals surface area contributed by atoms with Crippen LogP contribution < -0.4 is 5.73 Å². The second-order valence-electron chi connectivity index (χ2n) is 3.45. The zero-order valence-corrected chi connectivity index (χ0v) is 8.09. The molecular weight excluding hydrogens is 188 g/mol. The Kier molecular flexibility index (Phi) is 2.76. The Morgan fingerprint density at radius 1 is 1.43 bits per heavy atom. The highest BCUT2D eigenvalue weighted by molar-refractivity contribution is 5.39. The Morgan fingerprint density at radius 3 is 2.43 bits per heavy atom. The molecule has 1 aromatic carbocycles. The smallest absolute Gasteiger partial charge is 0.270 e. The normalized spacial score (nSPS) is 14.1. The van der Waals surface area contributed by atoms with Crippen LogP contribution in [-0.4, -0.2) is 5.11 Å². The van der Waals surface area contributed by atoms with E-state index in [1.54, 1.807) is 6.92 Å². The maximum Gasteiger partial charge on any atom is 0.270 e. The van der Waals surface area contributed by atoms with Crippen LogP contribution >= 0.6 is 0 Å². The van der Waals surface area contributed by atoms with E-state index in [2.05, 4.69) is 0 Å². The second-order valence-corrected chi connectivity index (χ2v) is 3.45. The van der Waals surface area contributed by atoms with Crippen molar-refractivity contribution >= 4 is 0 Å². The minimum absolute atomic E-state index is 0.0481. The molecule has 1 atom stereocenters. The number of halogens is 2. The van der Waals surface area contributed by atoms with E-state index >= 15 is 0 Å². The summed E-state index contributed by atoms with van der Waals surface area (Å²) in [5, 5.41) is 9.35. The monoisotopic (exact) mass is 201 g/mol. The van der Waals surface area contributed by atoms with Crippen LogP contribution in [0.1, 0.15) is 31.0 Å². The van der Waals surface area contributed by atoms with E-state index in [0.717, 1.165) is 6.92 Å². The molecule has 2 nitrogen and oxygen atoms in total. The molecule has 14 heavy (non-hydrogen) atoms. The average Bonchev–Trinajstić information content (AvgIpc) is 2.02. The van der Waals surface area contributed by atoms with Crippen molar-refractivity contribution < 1.29 is 13.9 Å². The van der Waals surface area contributed by atoms with E-state index in [0.29, 0.717) is 5.56 Å². The van der Waals surface area contributed by atoms with Crippen LogP contribution in [0.5, 0.6) is 5.75 Å². The molecular formula is C10H13F2NO. The van der Waals surface area contributed by atoms with Crippen molar-refractivity contribution in [1.29, 1.82) is 0 Å². The van der Waals surface area contributed by atoms with Crippen LogP contribution in [0.3, 0.4) is 0 Å². The molecule has 1 unspecified atom stereocenters. The Labute approximate surface area is 81.4 Å². The third kappa shape index (κ3) is 2.20. The number of aromatic hydroxyl groups is 1. The van der Waals surface area contributed by atoms with Crippen molar-refractivity contribution in [2.75, 3.05) is 0 Å². The topological polar surface area (TPSA) is 46.2 Å². The van der Waals surface area contributed by atoms with Gasteiger partial charge in [0.1, 0.15) is 5.75 Å². The quantitative estimate of drug-likeness (QED) is 0.772. The summed E-state index contributed by atoms with van der Waals surface area (Å²) in [4.78, 5) is 0. The summed E-state index contributed by atoms with van der Waals surface area (Å²) in [5.41, 5.74) is 5.72. The van der Waals surface area contributed by atoms with E-state index in [1.165, 1.54) is 18.2 Å². The van der Waals surface area contributed by atoms with Crippen molar-refractivity contribution in [3.63, 3.8) is 0 Å². The van der Waals surface area contributed by atoms with Crippen molar-refractivity contribution in [3.05, 3.63) is 29.3 Å². The van der Waals surface area contributed by atoms with Crippen LogP contribution in [0.4, 0.5) is 8.78 Å². The number of phenols is 1. The molecule has 0 aliphatic rings.